The summed E-state index contributed by atoms with van der Waals surface area (Å²) in [5.74, 6) is 0. The Morgan fingerprint density at radius 3 is 2.70 bits per heavy atom. The van der Waals surface area contributed by atoms with E-state index in [-0.39, 0.29) is 6.54 Å². The lowest BCUT2D eigenvalue weighted by molar-refractivity contribution is 0.438. The molecule has 1 aromatic rings. The summed E-state index contributed by atoms with van der Waals surface area (Å²) in [5, 5.41) is 7.39. The van der Waals surface area contributed by atoms with E-state index in [9.17, 15) is 8.42 Å². The van der Waals surface area contributed by atoms with Gasteiger partial charge in [-0.25, -0.2) is 0 Å². The maximum atomic E-state index is 12.0. The highest BCUT2D eigenvalue weighted by Crippen LogP contribution is 1.99. The van der Waals surface area contributed by atoms with Crippen molar-refractivity contribution >= 4 is 10.2 Å². The molecular weight excluding hydrogens is 278 g/mol. The van der Waals surface area contributed by atoms with Gasteiger partial charge in [0.25, 0.3) is 10.2 Å². The Morgan fingerprint density at radius 1 is 1.45 bits per heavy atom. The Morgan fingerprint density at radius 2 is 2.15 bits per heavy atom. The van der Waals surface area contributed by atoms with Crippen molar-refractivity contribution in [3.05, 3.63) is 18.0 Å². The van der Waals surface area contributed by atoms with Crippen molar-refractivity contribution in [1.29, 1.82) is 0 Å². The number of aromatic nitrogens is 2. The molecule has 0 aliphatic heterocycles. The standard InChI is InChI=1S/C12H25N5O2S/c1-11(2)13-7-5-8-17(4)20(18,19)14-10-12-6-9-16(3)15-12/h6,9,11,13-14H,5,7-8,10H2,1-4H3. The van der Waals surface area contributed by atoms with E-state index in [1.807, 2.05) is 0 Å². The van der Waals surface area contributed by atoms with Crippen LogP contribution in [0.15, 0.2) is 12.3 Å². The van der Waals surface area contributed by atoms with Crippen molar-refractivity contribution in [2.24, 2.45) is 7.05 Å². The fourth-order valence-electron chi connectivity index (χ4n) is 1.65. The predicted molar refractivity (Wildman–Crippen MR) is 79.4 cm³/mol. The van der Waals surface area contributed by atoms with Gasteiger partial charge in [-0.2, -0.15) is 22.5 Å². The second kappa shape index (κ2) is 7.72. The van der Waals surface area contributed by atoms with E-state index in [1.54, 1.807) is 31.0 Å². The van der Waals surface area contributed by atoms with Gasteiger partial charge in [0.05, 0.1) is 12.2 Å². The monoisotopic (exact) mass is 303 g/mol. The number of nitrogens with zero attached hydrogens (tertiary/aromatic N) is 3. The largest absolute Gasteiger partial charge is 0.314 e. The third-order valence-electron chi connectivity index (χ3n) is 2.82. The Balaban J connectivity index is 2.35. The summed E-state index contributed by atoms with van der Waals surface area (Å²) < 4.78 is 29.5. The topological polar surface area (TPSA) is 79.3 Å². The normalized spacial score (nSPS) is 12.5. The van der Waals surface area contributed by atoms with E-state index in [1.165, 1.54) is 4.31 Å². The third-order valence-corrected chi connectivity index (χ3v) is 4.33. The van der Waals surface area contributed by atoms with E-state index in [0.717, 1.165) is 13.0 Å². The van der Waals surface area contributed by atoms with Gasteiger partial charge in [0.1, 0.15) is 0 Å². The maximum absolute atomic E-state index is 12.0. The molecule has 0 aromatic carbocycles. The minimum atomic E-state index is -3.44. The first-order chi connectivity index (χ1) is 9.31. The molecule has 0 amide bonds. The molecule has 2 N–H and O–H groups in total. The van der Waals surface area contributed by atoms with Crippen LogP contribution < -0.4 is 10.0 Å². The van der Waals surface area contributed by atoms with E-state index >= 15 is 0 Å². The number of nitrogens with one attached hydrogen (secondary N) is 2. The maximum Gasteiger partial charge on any atom is 0.279 e. The van der Waals surface area contributed by atoms with Crippen molar-refractivity contribution in [3.8, 4) is 0 Å². The van der Waals surface area contributed by atoms with Crippen molar-refractivity contribution in [2.75, 3.05) is 20.1 Å². The molecule has 0 spiro atoms. The molecule has 1 aromatic heterocycles. The van der Waals surface area contributed by atoms with Crippen LogP contribution in [0, 0.1) is 0 Å². The first-order valence-corrected chi connectivity index (χ1v) is 8.18. The average molecular weight is 303 g/mol. The Kier molecular flexibility index (Phi) is 6.60. The molecule has 0 bridgehead atoms. The van der Waals surface area contributed by atoms with Gasteiger partial charge in [-0.1, -0.05) is 13.8 Å². The highest BCUT2D eigenvalue weighted by molar-refractivity contribution is 7.87. The van der Waals surface area contributed by atoms with Gasteiger partial charge in [0.15, 0.2) is 0 Å². The molecule has 0 fully saturated rings. The Bertz CT molecular complexity index is 498. The van der Waals surface area contributed by atoms with E-state index in [2.05, 4.69) is 29.0 Å². The second-order valence-corrected chi connectivity index (χ2v) is 6.95. The zero-order valence-electron chi connectivity index (χ0n) is 12.6. The lowest BCUT2D eigenvalue weighted by Gasteiger charge is -2.17. The van der Waals surface area contributed by atoms with Crippen LogP contribution in [0.3, 0.4) is 0 Å². The zero-order chi connectivity index (χ0) is 15.2. The van der Waals surface area contributed by atoms with Gasteiger partial charge < -0.3 is 5.32 Å². The molecule has 20 heavy (non-hydrogen) atoms. The minimum Gasteiger partial charge on any atom is -0.314 e. The lowest BCUT2D eigenvalue weighted by Crippen LogP contribution is -2.39. The smallest absolute Gasteiger partial charge is 0.279 e. The predicted octanol–water partition coefficient (Wildman–Crippen LogP) is 0.0744. The van der Waals surface area contributed by atoms with Crippen LogP contribution in [0.2, 0.25) is 0 Å². The third kappa shape index (κ3) is 6.00. The summed E-state index contributed by atoms with van der Waals surface area (Å²) >= 11 is 0. The first kappa shape index (κ1) is 17.1. The fraction of sp³-hybridized carbons (Fsp3) is 0.750. The molecule has 0 saturated heterocycles. The van der Waals surface area contributed by atoms with Crippen LogP contribution in [0.4, 0.5) is 0 Å². The van der Waals surface area contributed by atoms with Crippen LogP contribution in [0.25, 0.3) is 0 Å². The van der Waals surface area contributed by atoms with Crippen molar-refractivity contribution in [2.45, 2.75) is 32.9 Å². The summed E-state index contributed by atoms with van der Waals surface area (Å²) in [5.41, 5.74) is 0.700. The summed E-state index contributed by atoms with van der Waals surface area (Å²) in [6.07, 6.45) is 2.56. The average Bonchev–Trinajstić information content (AvgIpc) is 2.77. The quantitative estimate of drug-likeness (QED) is 0.633. The lowest BCUT2D eigenvalue weighted by atomic mass is 10.3. The Hall–Kier alpha value is -0.960. The molecule has 0 aliphatic carbocycles. The van der Waals surface area contributed by atoms with E-state index in [4.69, 9.17) is 0 Å². The summed E-state index contributed by atoms with van der Waals surface area (Å²) in [6.45, 7) is 5.62. The fourth-order valence-corrected chi connectivity index (χ4v) is 2.57. The van der Waals surface area contributed by atoms with E-state index in [0.29, 0.717) is 18.3 Å². The highest BCUT2D eigenvalue weighted by Gasteiger charge is 2.16. The SMILES string of the molecule is CC(C)NCCCN(C)S(=O)(=O)NCc1ccn(C)n1. The van der Waals surface area contributed by atoms with E-state index < -0.39 is 10.2 Å². The van der Waals surface area contributed by atoms with Gasteiger partial charge >= 0.3 is 0 Å². The number of rotatable bonds is 9. The molecular formula is C12H25N5O2S. The summed E-state index contributed by atoms with van der Waals surface area (Å²) in [7, 11) is -0.0667. The molecule has 0 aliphatic rings. The van der Waals surface area contributed by atoms with Crippen molar-refractivity contribution in [3.63, 3.8) is 0 Å². The molecule has 1 heterocycles. The number of hydrogen-bond acceptors (Lipinski definition) is 4. The van der Waals surface area contributed by atoms with Crippen LogP contribution in [-0.2, 0) is 23.8 Å². The summed E-state index contributed by atoms with van der Waals surface area (Å²) in [4.78, 5) is 0. The Labute approximate surface area is 121 Å². The molecule has 0 unspecified atom stereocenters. The van der Waals surface area contributed by atoms with Crippen molar-refractivity contribution in [1.82, 2.24) is 24.1 Å². The number of aryl methyl sites for hydroxylation is 1. The van der Waals surface area contributed by atoms with Gasteiger partial charge in [-0.3, -0.25) is 4.68 Å². The second-order valence-electron chi connectivity index (χ2n) is 5.09. The van der Waals surface area contributed by atoms with Crippen LogP contribution in [0.5, 0.6) is 0 Å². The minimum absolute atomic E-state index is 0.206. The summed E-state index contributed by atoms with van der Waals surface area (Å²) in [6, 6.07) is 2.20. The molecule has 0 radical (unpaired) electrons. The van der Waals surface area contributed by atoms with Gasteiger partial charge in [-0.15, -0.1) is 0 Å². The molecule has 0 atom stereocenters. The molecule has 7 nitrogen and oxygen atoms in total. The van der Waals surface area contributed by atoms with Crippen LogP contribution in [0.1, 0.15) is 26.0 Å². The molecule has 8 heteroatoms. The molecule has 0 saturated carbocycles. The van der Waals surface area contributed by atoms with Crippen LogP contribution >= 0.6 is 0 Å². The zero-order valence-corrected chi connectivity index (χ0v) is 13.4. The molecule has 1 rings (SSSR count). The van der Waals surface area contributed by atoms with Crippen molar-refractivity contribution < 1.29 is 8.42 Å². The van der Waals surface area contributed by atoms with Gasteiger partial charge in [-0.05, 0) is 19.0 Å². The van der Waals surface area contributed by atoms with Gasteiger partial charge in [0, 0.05) is 32.9 Å². The highest BCUT2D eigenvalue weighted by atomic mass is 32.2. The van der Waals surface area contributed by atoms with Gasteiger partial charge in [0.2, 0.25) is 0 Å². The van der Waals surface area contributed by atoms with Crippen LogP contribution in [-0.4, -0.2) is 48.7 Å². The first-order valence-electron chi connectivity index (χ1n) is 6.74. The number of hydrogen-bond donors (Lipinski definition) is 2. The molecule has 116 valence electrons.